The third-order valence-electron chi connectivity index (χ3n) is 3.93. The normalized spacial score (nSPS) is 24.6. The maximum absolute atomic E-state index is 5.99. The van der Waals surface area contributed by atoms with Crippen molar-refractivity contribution in [3.63, 3.8) is 0 Å². The van der Waals surface area contributed by atoms with E-state index in [0.29, 0.717) is 11.3 Å². The van der Waals surface area contributed by atoms with E-state index in [1.54, 1.807) is 0 Å². The fourth-order valence-electron chi connectivity index (χ4n) is 2.44. The predicted octanol–water partition coefficient (Wildman–Crippen LogP) is 3.48. The van der Waals surface area contributed by atoms with Crippen LogP contribution in [0.5, 0.6) is 0 Å². The molecule has 92 valence electrons. The highest BCUT2D eigenvalue weighted by Gasteiger charge is 2.41. The van der Waals surface area contributed by atoms with E-state index in [1.165, 1.54) is 29.1 Å². The minimum atomic E-state index is 0.437. The summed E-state index contributed by atoms with van der Waals surface area (Å²) in [5, 5.41) is 3.62. The number of alkyl halides is 1. The summed E-state index contributed by atoms with van der Waals surface area (Å²) < 4.78 is 0. The van der Waals surface area contributed by atoms with E-state index in [9.17, 15) is 0 Å². The molecular weight excluding hydrogens is 250 g/mol. The first-order valence-electron chi connectivity index (χ1n) is 6.31. The number of hydrogen-bond donors (Lipinski definition) is 1. The molecule has 1 unspecified atom stereocenters. The van der Waals surface area contributed by atoms with Crippen molar-refractivity contribution in [1.29, 1.82) is 0 Å². The van der Waals surface area contributed by atoms with E-state index < -0.39 is 0 Å². The Bertz CT molecular complexity index is 403. The predicted molar refractivity (Wildman–Crippen MR) is 75.2 cm³/mol. The Morgan fingerprint density at radius 2 is 2.18 bits per heavy atom. The molecule has 0 amide bonds. The molecule has 1 aromatic carbocycles. The van der Waals surface area contributed by atoms with Gasteiger partial charge in [0, 0.05) is 35.5 Å². The Labute approximate surface area is 112 Å². The molecule has 1 atom stereocenters. The van der Waals surface area contributed by atoms with Crippen molar-refractivity contribution < 1.29 is 0 Å². The molecule has 0 bridgehead atoms. The lowest BCUT2D eigenvalue weighted by molar-refractivity contribution is 0.491. The zero-order valence-corrected chi connectivity index (χ0v) is 11.5. The number of thioether (sulfide) groups is 1. The van der Waals surface area contributed by atoms with Crippen molar-refractivity contribution in [3.8, 4) is 0 Å². The van der Waals surface area contributed by atoms with Crippen LogP contribution in [0.15, 0.2) is 29.2 Å². The van der Waals surface area contributed by atoms with Gasteiger partial charge in [0.2, 0.25) is 0 Å². The molecule has 1 aromatic rings. The van der Waals surface area contributed by atoms with Crippen LogP contribution in [0.3, 0.4) is 0 Å². The smallest absolute Gasteiger partial charge is 0.0292 e. The molecule has 0 aromatic heterocycles. The Hall–Kier alpha value is -0.180. The third kappa shape index (κ3) is 2.49. The Morgan fingerprint density at radius 1 is 1.35 bits per heavy atom. The summed E-state index contributed by atoms with van der Waals surface area (Å²) >= 11 is 7.98. The maximum atomic E-state index is 5.99. The fourth-order valence-corrected chi connectivity index (χ4v) is 4.06. The molecule has 3 heteroatoms. The standard InChI is InChI=1S/C14H18ClNS/c15-9-14(5-6-14)10-16-7-11-8-17-13-4-2-1-3-12(11)13/h1-4,11,16H,5-10H2. The summed E-state index contributed by atoms with van der Waals surface area (Å²) in [6.07, 6.45) is 2.61. The molecule has 0 saturated heterocycles. The van der Waals surface area contributed by atoms with Gasteiger partial charge in [-0.3, -0.25) is 0 Å². The lowest BCUT2D eigenvalue weighted by Crippen LogP contribution is -2.29. The van der Waals surface area contributed by atoms with E-state index >= 15 is 0 Å². The molecule has 1 aliphatic carbocycles. The molecular formula is C14H18ClNS. The first-order valence-corrected chi connectivity index (χ1v) is 7.83. The van der Waals surface area contributed by atoms with E-state index in [-0.39, 0.29) is 0 Å². The van der Waals surface area contributed by atoms with Gasteiger partial charge < -0.3 is 5.32 Å². The summed E-state index contributed by atoms with van der Waals surface area (Å²) in [6.45, 7) is 2.20. The van der Waals surface area contributed by atoms with Crippen LogP contribution < -0.4 is 5.32 Å². The highest BCUT2D eigenvalue weighted by Crippen LogP contribution is 2.46. The average molecular weight is 268 g/mol. The number of hydrogen-bond acceptors (Lipinski definition) is 2. The molecule has 2 aliphatic rings. The van der Waals surface area contributed by atoms with Gasteiger partial charge in [-0.05, 0) is 29.9 Å². The topological polar surface area (TPSA) is 12.0 Å². The van der Waals surface area contributed by atoms with Gasteiger partial charge in [-0.15, -0.1) is 23.4 Å². The third-order valence-corrected chi connectivity index (χ3v) is 5.75. The second-order valence-electron chi connectivity index (χ2n) is 5.31. The zero-order valence-electron chi connectivity index (χ0n) is 9.92. The second kappa shape index (κ2) is 4.83. The Balaban J connectivity index is 1.54. The molecule has 0 radical (unpaired) electrons. The van der Waals surface area contributed by atoms with E-state index in [0.717, 1.165) is 19.0 Å². The van der Waals surface area contributed by atoms with E-state index in [4.69, 9.17) is 11.6 Å². The zero-order chi connectivity index (χ0) is 11.7. The minimum Gasteiger partial charge on any atom is -0.315 e. The average Bonchev–Trinajstić information content (AvgIpc) is 3.04. The monoisotopic (exact) mass is 267 g/mol. The van der Waals surface area contributed by atoms with E-state index in [1.807, 2.05) is 11.8 Å². The minimum absolute atomic E-state index is 0.437. The lowest BCUT2D eigenvalue weighted by Gasteiger charge is -2.16. The number of nitrogens with one attached hydrogen (secondary N) is 1. The van der Waals surface area contributed by atoms with Crippen LogP contribution in [0.2, 0.25) is 0 Å². The van der Waals surface area contributed by atoms with Crippen LogP contribution in [0, 0.1) is 5.41 Å². The molecule has 17 heavy (non-hydrogen) atoms. The fraction of sp³-hybridized carbons (Fsp3) is 0.571. The molecule has 1 heterocycles. The number of halogens is 1. The van der Waals surface area contributed by atoms with Crippen molar-refractivity contribution >= 4 is 23.4 Å². The van der Waals surface area contributed by atoms with Crippen LogP contribution in [0.25, 0.3) is 0 Å². The van der Waals surface area contributed by atoms with Gasteiger partial charge >= 0.3 is 0 Å². The van der Waals surface area contributed by atoms with Crippen LogP contribution in [-0.2, 0) is 0 Å². The van der Waals surface area contributed by atoms with Crippen LogP contribution >= 0.6 is 23.4 Å². The van der Waals surface area contributed by atoms with Crippen molar-refractivity contribution in [3.05, 3.63) is 29.8 Å². The summed E-state index contributed by atoms with van der Waals surface area (Å²) in [5.41, 5.74) is 1.97. The molecule has 1 N–H and O–H groups in total. The van der Waals surface area contributed by atoms with Crippen LogP contribution in [0.4, 0.5) is 0 Å². The van der Waals surface area contributed by atoms with Crippen molar-refractivity contribution in [2.24, 2.45) is 5.41 Å². The molecule has 1 aliphatic heterocycles. The van der Waals surface area contributed by atoms with Gasteiger partial charge in [-0.25, -0.2) is 0 Å². The molecule has 1 saturated carbocycles. The van der Waals surface area contributed by atoms with Gasteiger partial charge in [-0.2, -0.15) is 0 Å². The van der Waals surface area contributed by atoms with Gasteiger partial charge in [0.1, 0.15) is 0 Å². The van der Waals surface area contributed by atoms with Crippen LogP contribution in [-0.4, -0.2) is 24.7 Å². The second-order valence-corrected chi connectivity index (χ2v) is 6.64. The number of fused-ring (bicyclic) bond motifs is 1. The van der Waals surface area contributed by atoms with Crippen LogP contribution in [0.1, 0.15) is 24.3 Å². The molecule has 0 spiro atoms. The first-order chi connectivity index (χ1) is 8.33. The molecule has 1 nitrogen and oxygen atoms in total. The first kappa shape index (κ1) is 11.9. The summed E-state index contributed by atoms with van der Waals surface area (Å²) in [7, 11) is 0. The SMILES string of the molecule is ClCC1(CNCC2CSc3ccccc32)CC1. The van der Waals surface area contributed by atoms with Gasteiger partial charge in [0.05, 0.1) is 0 Å². The summed E-state index contributed by atoms with van der Waals surface area (Å²) in [4.78, 5) is 1.47. The van der Waals surface area contributed by atoms with Gasteiger partial charge in [0.25, 0.3) is 0 Å². The summed E-state index contributed by atoms with van der Waals surface area (Å²) in [5.74, 6) is 2.72. The summed E-state index contributed by atoms with van der Waals surface area (Å²) in [6, 6.07) is 8.80. The van der Waals surface area contributed by atoms with E-state index in [2.05, 4.69) is 29.6 Å². The largest absolute Gasteiger partial charge is 0.315 e. The van der Waals surface area contributed by atoms with Gasteiger partial charge in [-0.1, -0.05) is 18.2 Å². The highest BCUT2D eigenvalue weighted by molar-refractivity contribution is 7.99. The molecule has 1 fully saturated rings. The Kier molecular flexibility index (Phi) is 3.38. The lowest BCUT2D eigenvalue weighted by atomic mass is 10.0. The van der Waals surface area contributed by atoms with Crippen molar-refractivity contribution in [2.45, 2.75) is 23.7 Å². The van der Waals surface area contributed by atoms with Gasteiger partial charge in [0.15, 0.2) is 0 Å². The highest BCUT2D eigenvalue weighted by atomic mass is 35.5. The van der Waals surface area contributed by atoms with Crippen molar-refractivity contribution in [1.82, 2.24) is 5.32 Å². The number of rotatable bonds is 5. The maximum Gasteiger partial charge on any atom is 0.0292 e. The van der Waals surface area contributed by atoms with Crippen molar-refractivity contribution in [2.75, 3.05) is 24.7 Å². The number of benzene rings is 1. The molecule has 3 rings (SSSR count). The quantitative estimate of drug-likeness (QED) is 0.820. The Morgan fingerprint density at radius 3 is 2.94 bits per heavy atom.